The average Bonchev–Trinajstić information content (AvgIpc) is 3.85. The normalized spacial score (nSPS) is 40.0. The van der Waals surface area contributed by atoms with Gasteiger partial charge in [-0.3, -0.25) is 4.79 Å². The molecule has 2 aromatic rings. The third-order valence-electron chi connectivity index (χ3n) is 17.7. The van der Waals surface area contributed by atoms with E-state index in [4.69, 9.17) is 28.4 Å². The standard InChI is InChI=1S/C56H92FN5O14S/c1-15-45-56(10,68)49(64)36(6)61(12)30-32(2)27-54(8,67)51(34(4)46(35(5)52(66)75-45)44-28-55(9,72-14)50(65)37(7)74-44)76-53-47(63)42(26-33(3)73-53)60(11)23-20-41-31-62(59-58-41)43(29-57)48(71-13)40-18-16-38(17-19-40)39-21-24-77(69,70)25-22-39/h16-19,21,31-37,42-51,53,63-65,67-68H,15,20,22-30H2,1-14H3/t32-,33-,34+,35-,36-,37+,42+,43-,44?,45-,46+,47-,48-,49-,50+,51-,53+,54-,55-,56-/m1/s1. The summed E-state index contributed by atoms with van der Waals surface area (Å²) >= 11 is 0. The number of nitrogens with zero attached hydrogens (tertiary/aromatic N) is 5. The Hall–Kier alpha value is -3.03. The number of hydrogen-bond donors (Lipinski definition) is 5. The van der Waals surface area contributed by atoms with E-state index in [0.29, 0.717) is 38.0 Å². The zero-order chi connectivity index (χ0) is 57.1. The van der Waals surface area contributed by atoms with Crippen LogP contribution in [0.4, 0.5) is 4.39 Å². The van der Waals surface area contributed by atoms with Crippen molar-refractivity contribution in [2.24, 2.45) is 23.7 Å². The molecular formula is C56H92FN5O14S. The number of aromatic nitrogens is 3. The Morgan fingerprint density at radius 2 is 1.66 bits per heavy atom. The van der Waals surface area contributed by atoms with E-state index in [2.05, 4.69) is 10.3 Å². The van der Waals surface area contributed by atoms with Crippen LogP contribution in [0.25, 0.3) is 5.57 Å². The van der Waals surface area contributed by atoms with Crippen LogP contribution in [-0.2, 0) is 49.5 Å². The molecule has 1 aromatic carbocycles. The number of aliphatic hydroxyl groups is 5. The number of hydrogen-bond acceptors (Lipinski definition) is 18. The predicted octanol–water partition coefficient (Wildman–Crippen LogP) is 4.48. The van der Waals surface area contributed by atoms with Crippen LogP contribution in [0, 0.1) is 23.7 Å². The number of sulfone groups is 1. The van der Waals surface area contributed by atoms with Crippen LogP contribution < -0.4 is 0 Å². The highest BCUT2D eigenvalue weighted by atomic mass is 32.2. The van der Waals surface area contributed by atoms with Crippen molar-refractivity contribution in [1.82, 2.24) is 24.8 Å². The molecule has 5 N–H and O–H groups in total. The molecule has 0 bridgehead atoms. The molecular weight excluding hydrogens is 1020 g/mol. The van der Waals surface area contributed by atoms with Crippen molar-refractivity contribution in [2.75, 3.05) is 59.6 Å². The third-order valence-corrected chi connectivity index (χ3v) is 19.2. The number of esters is 1. The first kappa shape index (κ1) is 63.2. The van der Waals surface area contributed by atoms with E-state index in [1.54, 1.807) is 53.8 Å². The monoisotopic (exact) mass is 1110 g/mol. The second-order valence-electron chi connectivity index (χ2n) is 23.8. The number of alkyl halides is 1. The fraction of sp³-hybridized carbons (Fsp3) is 0.804. The van der Waals surface area contributed by atoms with Gasteiger partial charge in [0.25, 0.3) is 0 Å². The summed E-state index contributed by atoms with van der Waals surface area (Å²) in [5.74, 6) is -3.20. The summed E-state index contributed by atoms with van der Waals surface area (Å²) in [6, 6.07) is 5.59. The molecule has 0 aliphatic carbocycles. The second kappa shape index (κ2) is 25.8. The number of allylic oxidation sites excluding steroid dienone is 1. The first-order chi connectivity index (χ1) is 36.0. The SMILES string of the molecule is CC[C@H]1OC(=O)[C@H](C)[C@@H](C2C[C@@](C)(OC)[C@@H](O)[C@H](C)O2)[C@H](C)[C@@H](O[C@@H]2O[C@H](C)C[C@H](N(C)CCc3cn([C@H](CF)[C@H](OC)c4ccc(C5=CCS(=O)(=O)CC5)cc4)nn3)[C@H]2O)[C@](C)(O)C[C@@H](C)CN(C)[C@H](C)[C@@H](O)[C@]1(C)O. The highest BCUT2D eigenvalue weighted by molar-refractivity contribution is 7.91. The van der Waals surface area contributed by atoms with Crippen molar-refractivity contribution in [1.29, 1.82) is 0 Å². The minimum Gasteiger partial charge on any atom is -0.459 e. The Morgan fingerprint density at radius 3 is 2.26 bits per heavy atom. The van der Waals surface area contributed by atoms with E-state index >= 15 is 0 Å². The highest BCUT2D eigenvalue weighted by Crippen LogP contribution is 2.45. The second-order valence-corrected chi connectivity index (χ2v) is 26.0. The van der Waals surface area contributed by atoms with Gasteiger partial charge in [-0.25, -0.2) is 17.5 Å². The van der Waals surface area contributed by atoms with Crippen LogP contribution in [0.15, 0.2) is 36.5 Å². The molecule has 1 aromatic heterocycles. The lowest BCUT2D eigenvalue weighted by molar-refractivity contribution is -0.302. The Labute approximate surface area is 456 Å². The van der Waals surface area contributed by atoms with E-state index in [0.717, 1.165) is 16.7 Å². The number of carbonyl (C=O) groups is 1. The van der Waals surface area contributed by atoms with E-state index in [1.807, 2.05) is 68.9 Å². The van der Waals surface area contributed by atoms with Crippen molar-refractivity contribution in [3.05, 3.63) is 53.4 Å². The first-order valence-electron chi connectivity index (χ1n) is 27.6. The molecule has 4 aliphatic rings. The van der Waals surface area contributed by atoms with Crippen LogP contribution in [0.3, 0.4) is 0 Å². The molecule has 4 aliphatic heterocycles. The minimum atomic E-state index is -3.07. The number of benzene rings is 1. The Kier molecular flexibility index (Phi) is 21.2. The number of ether oxygens (including phenoxy) is 6. The molecule has 3 saturated heterocycles. The highest BCUT2D eigenvalue weighted by Gasteiger charge is 2.55. The van der Waals surface area contributed by atoms with Gasteiger partial charge in [-0.2, -0.15) is 0 Å². The molecule has 77 heavy (non-hydrogen) atoms. The molecule has 0 saturated carbocycles. The maximum atomic E-state index is 15.0. The van der Waals surface area contributed by atoms with Gasteiger partial charge in [-0.1, -0.05) is 63.2 Å². The maximum Gasteiger partial charge on any atom is 0.309 e. The minimum absolute atomic E-state index is 0.00786. The quantitative estimate of drug-likeness (QED) is 0.154. The van der Waals surface area contributed by atoms with Gasteiger partial charge in [0.1, 0.15) is 48.8 Å². The number of halogens is 1. The van der Waals surface area contributed by atoms with Gasteiger partial charge in [0, 0.05) is 64.3 Å². The van der Waals surface area contributed by atoms with Gasteiger partial charge in [-0.05, 0) is 110 Å². The molecule has 0 amide bonds. The van der Waals surface area contributed by atoms with Gasteiger partial charge in [-0.15, -0.1) is 5.10 Å². The summed E-state index contributed by atoms with van der Waals surface area (Å²) in [5.41, 5.74) is -1.38. The van der Waals surface area contributed by atoms with E-state index in [1.165, 1.54) is 25.8 Å². The Bertz CT molecular complexity index is 2380. The van der Waals surface area contributed by atoms with Crippen LogP contribution in [-0.4, -0.2) is 208 Å². The van der Waals surface area contributed by atoms with Crippen LogP contribution in [0.2, 0.25) is 0 Å². The number of methoxy groups -OCH3 is 2. The Morgan fingerprint density at radius 1 is 0.987 bits per heavy atom. The van der Waals surface area contributed by atoms with Crippen molar-refractivity contribution in [3.63, 3.8) is 0 Å². The fourth-order valence-corrected chi connectivity index (χ4v) is 14.0. The smallest absolute Gasteiger partial charge is 0.309 e. The summed E-state index contributed by atoms with van der Waals surface area (Å²) in [4.78, 5) is 18.6. The molecule has 3 fully saturated rings. The molecule has 0 spiro atoms. The van der Waals surface area contributed by atoms with Crippen LogP contribution in [0.1, 0.15) is 130 Å². The first-order valence-corrected chi connectivity index (χ1v) is 29.5. The third kappa shape index (κ3) is 14.4. The fourth-order valence-electron chi connectivity index (χ4n) is 12.9. The maximum absolute atomic E-state index is 15.0. The van der Waals surface area contributed by atoms with Gasteiger partial charge in [0.05, 0.1) is 58.7 Å². The van der Waals surface area contributed by atoms with Gasteiger partial charge in [0.2, 0.25) is 0 Å². The van der Waals surface area contributed by atoms with Crippen molar-refractivity contribution < 1.29 is 71.6 Å². The molecule has 19 nitrogen and oxygen atoms in total. The molecule has 6 rings (SSSR count). The van der Waals surface area contributed by atoms with Crippen molar-refractivity contribution in [3.8, 4) is 0 Å². The summed E-state index contributed by atoms with van der Waals surface area (Å²) < 4.78 is 78.4. The Balaban J connectivity index is 1.25. The molecule has 20 atom stereocenters. The lowest BCUT2D eigenvalue weighted by Crippen LogP contribution is -2.62. The zero-order valence-electron chi connectivity index (χ0n) is 48.0. The number of rotatable bonds is 15. The van der Waals surface area contributed by atoms with Gasteiger partial charge < -0.3 is 63.8 Å². The lowest BCUT2D eigenvalue weighted by Gasteiger charge is -2.51. The summed E-state index contributed by atoms with van der Waals surface area (Å²) in [6.45, 7) is 17.8. The number of carbonyl (C=O) groups excluding carboxylic acids is 1. The van der Waals surface area contributed by atoms with Crippen LogP contribution >= 0.6 is 0 Å². The molecule has 438 valence electrons. The number of cyclic esters (lactones) is 1. The van der Waals surface area contributed by atoms with Crippen LogP contribution in [0.5, 0.6) is 0 Å². The summed E-state index contributed by atoms with van der Waals surface area (Å²) in [5, 5.41) is 69.0. The topological polar surface area (TPSA) is 245 Å². The zero-order valence-corrected chi connectivity index (χ0v) is 48.8. The van der Waals surface area contributed by atoms with Crippen molar-refractivity contribution in [2.45, 2.75) is 204 Å². The number of likely N-dealkylation sites (N-methyl/N-ethyl adjacent to an activating group) is 2. The van der Waals surface area contributed by atoms with Gasteiger partial charge in [0.15, 0.2) is 16.1 Å². The molecule has 1 unspecified atom stereocenters. The molecule has 21 heteroatoms. The van der Waals surface area contributed by atoms with Crippen molar-refractivity contribution >= 4 is 21.4 Å². The number of aliphatic hydroxyl groups excluding tert-OH is 3. The summed E-state index contributed by atoms with van der Waals surface area (Å²) in [6.07, 6.45) is -4.33. The van der Waals surface area contributed by atoms with E-state index < -0.39 is 136 Å². The lowest BCUT2D eigenvalue weighted by atomic mass is 9.68. The largest absolute Gasteiger partial charge is 0.459 e. The molecule has 0 radical (unpaired) electrons. The summed E-state index contributed by atoms with van der Waals surface area (Å²) in [7, 11) is 3.68. The average molecular weight is 1110 g/mol. The predicted molar refractivity (Wildman–Crippen MR) is 288 cm³/mol. The molecule has 5 heterocycles. The van der Waals surface area contributed by atoms with E-state index in [-0.39, 0.29) is 36.7 Å². The van der Waals surface area contributed by atoms with E-state index in [9.17, 15) is 43.1 Å². The van der Waals surface area contributed by atoms with Gasteiger partial charge >= 0.3 is 5.97 Å².